The quantitative estimate of drug-likeness (QED) is 0.511. The van der Waals surface area contributed by atoms with Gasteiger partial charge in [-0.25, -0.2) is 0 Å². The summed E-state index contributed by atoms with van der Waals surface area (Å²) in [7, 11) is 0. The van der Waals surface area contributed by atoms with Crippen LogP contribution in [0.5, 0.6) is 5.75 Å². The minimum Gasteiger partial charge on any atom is -0.484 e. The first-order valence-corrected chi connectivity index (χ1v) is 11.2. The molecule has 0 aliphatic heterocycles. The van der Waals surface area contributed by atoms with Crippen LogP contribution in [0.1, 0.15) is 44.7 Å². The fourth-order valence-electron chi connectivity index (χ4n) is 3.08. The number of carbonyl (C=O) groups excluding carboxylic acids is 2. The Morgan fingerprint density at radius 2 is 1.65 bits per heavy atom. The summed E-state index contributed by atoms with van der Waals surface area (Å²) in [5.41, 5.74) is 1.70. The molecule has 2 atom stereocenters. The molecule has 0 heterocycles. The highest BCUT2D eigenvalue weighted by atomic mass is 35.5. The molecule has 0 aliphatic rings. The summed E-state index contributed by atoms with van der Waals surface area (Å²) < 4.78 is 5.69. The molecule has 2 amide bonds. The average molecular weight is 465 g/mol. The van der Waals surface area contributed by atoms with E-state index in [9.17, 15) is 9.59 Å². The molecule has 2 aromatic rings. The van der Waals surface area contributed by atoms with Gasteiger partial charge >= 0.3 is 0 Å². The van der Waals surface area contributed by atoms with Gasteiger partial charge in [0, 0.05) is 28.2 Å². The van der Waals surface area contributed by atoms with E-state index in [2.05, 4.69) is 5.32 Å². The van der Waals surface area contributed by atoms with Crippen LogP contribution in [0.3, 0.4) is 0 Å². The minimum atomic E-state index is -0.671. The molecule has 5 nitrogen and oxygen atoms in total. The molecular formula is C24H30Cl2N2O3. The van der Waals surface area contributed by atoms with Crippen LogP contribution < -0.4 is 10.1 Å². The van der Waals surface area contributed by atoms with E-state index in [4.69, 9.17) is 27.9 Å². The number of rotatable bonds is 10. The summed E-state index contributed by atoms with van der Waals surface area (Å²) in [6.45, 7) is 7.69. The first kappa shape index (κ1) is 25.0. The van der Waals surface area contributed by atoms with Gasteiger partial charge in [0.25, 0.3) is 5.91 Å². The molecule has 0 radical (unpaired) electrons. The number of nitrogens with one attached hydrogen (secondary N) is 1. The smallest absolute Gasteiger partial charge is 0.261 e. The Morgan fingerprint density at radius 3 is 2.19 bits per heavy atom. The largest absolute Gasteiger partial charge is 0.484 e. The van der Waals surface area contributed by atoms with Crippen LogP contribution in [0.4, 0.5) is 0 Å². The van der Waals surface area contributed by atoms with Crippen LogP contribution >= 0.6 is 23.2 Å². The number of carbonyl (C=O) groups is 2. The normalized spacial score (nSPS) is 12.7. The lowest BCUT2D eigenvalue weighted by atomic mass is 10.1. The van der Waals surface area contributed by atoms with Gasteiger partial charge in [-0.2, -0.15) is 0 Å². The lowest BCUT2D eigenvalue weighted by molar-refractivity contribution is -0.143. The predicted molar refractivity (Wildman–Crippen MR) is 126 cm³/mol. The zero-order chi connectivity index (χ0) is 23.0. The topological polar surface area (TPSA) is 58.6 Å². The van der Waals surface area contributed by atoms with Crippen molar-refractivity contribution in [2.75, 3.05) is 6.61 Å². The maximum Gasteiger partial charge on any atom is 0.261 e. The second-order valence-electron chi connectivity index (χ2n) is 7.57. The van der Waals surface area contributed by atoms with Gasteiger partial charge in [-0.1, -0.05) is 60.8 Å². The maximum absolute atomic E-state index is 13.2. The molecule has 0 spiro atoms. The Balaban J connectivity index is 2.27. The van der Waals surface area contributed by atoms with Crippen molar-refractivity contribution in [2.45, 2.75) is 59.2 Å². The number of ether oxygens (including phenoxy) is 1. The summed E-state index contributed by atoms with van der Waals surface area (Å²) in [5.74, 6) is 0.0678. The lowest BCUT2D eigenvalue weighted by Gasteiger charge is -2.31. The molecule has 0 fully saturated rings. The summed E-state index contributed by atoms with van der Waals surface area (Å²) in [5, 5.41) is 3.86. The molecule has 168 valence electrons. The van der Waals surface area contributed by atoms with Gasteiger partial charge in [-0.05, 0) is 51.0 Å². The van der Waals surface area contributed by atoms with E-state index >= 15 is 0 Å². The molecule has 7 heteroatoms. The van der Waals surface area contributed by atoms with Crippen molar-refractivity contribution >= 4 is 35.0 Å². The van der Waals surface area contributed by atoms with Crippen LogP contribution in [0.15, 0.2) is 42.5 Å². The van der Waals surface area contributed by atoms with Crippen LogP contribution in [-0.4, -0.2) is 35.4 Å². The van der Waals surface area contributed by atoms with Gasteiger partial charge in [0.2, 0.25) is 5.91 Å². The summed E-state index contributed by atoms with van der Waals surface area (Å²) >= 11 is 12.7. The zero-order valence-corrected chi connectivity index (χ0v) is 20.0. The molecule has 2 rings (SSSR count). The SMILES string of the molecule is CCC(C)NC(=O)C(CC)N(Cc1c(Cl)cccc1Cl)C(=O)COc1ccc(C)cc1. The van der Waals surface area contributed by atoms with Crippen molar-refractivity contribution in [1.82, 2.24) is 10.2 Å². The predicted octanol–water partition coefficient (Wildman–Crippen LogP) is 5.40. The molecule has 1 N–H and O–H groups in total. The van der Waals surface area contributed by atoms with Gasteiger partial charge in [0.1, 0.15) is 11.8 Å². The van der Waals surface area contributed by atoms with Gasteiger partial charge in [0.15, 0.2) is 6.61 Å². The van der Waals surface area contributed by atoms with E-state index in [-0.39, 0.29) is 31.0 Å². The first-order valence-electron chi connectivity index (χ1n) is 10.5. The highest BCUT2D eigenvalue weighted by Crippen LogP contribution is 2.27. The fourth-order valence-corrected chi connectivity index (χ4v) is 3.59. The standard InChI is InChI=1S/C24H30Cl2N2O3/c1-5-17(4)27-24(30)22(6-2)28(14-19-20(25)8-7-9-21(19)26)23(29)15-31-18-12-10-16(3)11-13-18/h7-13,17,22H,5-6,14-15H2,1-4H3,(H,27,30). The lowest BCUT2D eigenvalue weighted by Crippen LogP contribution is -2.51. The average Bonchev–Trinajstić information content (AvgIpc) is 2.74. The maximum atomic E-state index is 13.2. The highest BCUT2D eigenvalue weighted by molar-refractivity contribution is 6.36. The summed E-state index contributed by atoms with van der Waals surface area (Å²) in [4.78, 5) is 27.7. The Bertz CT molecular complexity index is 867. The first-order chi connectivity index (χ1) is 14.8. The summed E-state index contributed by atoms with van der Waals surface area (Å²) in [6, 6.07) is 12.0. The van der Waals surface area contributed by atoms with Crippen LogP contribution in [0.2, 0.25) is 10.0 Å². The summed E-state index contributed by atoms with van der Waals surface area (Å²) in [6.07, 6.45) is 1.24. The van der Waals surface area contributed by atoms with Crippen LogP contribution in [0.25, 0.3) is 0 Å². The van der Waals surface area contributed by atoms with Crippen molar-refractivity contribution in [2.24, 2.45) is 0 Å². The van der Waals surface area contributed by atoms with Gasteiger partial charge in [-0.15, -0.1) is 0 Å². The van der Waals surface area contributed by atoms with E-state index in [1.807, 2.05) is 52.0 Å². The Labute approximate surface area is 194 Å². The number of aryl methyl sites for hydroxylation is 1. The van der Waals surface area contributed by atoms with E-state index in [1.54, 1.807) is 18.2 Å². The van der Waals surface area contributed by atoms with Crippen molar-refractivity contribution in [3.63, 3.8) is 0 Å². The number of hydrogen-bond donors (Lipinski definition) is 1. The Hall–Kier alpha value is -2.24. The second kappa shape index (κ2) is 12.0. The van der Waals surface area contributed by atoms with E-state index in [0.29, 0.717) is 27.8 Å². The third-order valence-electron chi connectivity index (χ3n) is 5.16. The number of amides is 2. The van der Waals surface area contributed by atoms with Crippen molar-refractivity contribution < 1.29 is 14.3 Å². The monoisotopic (exact) mass is 464 g/mol. The third-order valence-corrected chi connectivity index (χ3v) is 5.87. The highest BCUT2D eigenvalue weighted by Gasteiger charge is 2.30. The molecule has 0 saturated heterocycles. The molecule has 0 saturated carbocycles. The van der Waals surface area contributed by atoms with Crippen LogP contribution in [0, 0.1) is 6.92 Å². The molecule has 0 aromatic heterocycles. The van der Waals surface area contributed by atoms with Gasteiger partial charge < -0.3 is 15.0 Å². The Morgan fingerprint density at radius 1 is 1.03 bits per heavy atom. The van der Waals surface area contributed by atoms with Crippen LogP contribution in [-0.2, 0) is 16.1 Å². The van der Waals surface area contributed by atoms with Gasteiger partial charge in [0.05, 0.1) is 0 Å². The van der Waals surface area contributed by atoms with E-state index < -0.39 is 6.04 Å². The number of hydrogen-bond acceptors (Lipinski definition) is 3. The Kier molecular flexibility index (Phi) is 9.66. The third kappa shape index (κ3) is 7.15. The van der Waals surface area contributed by atoms with Crippen molar-refractivity contribution in [1.29, 1.82) is 0 Å². The van der Waals surface area contributed by atoms with Crippen molar-refractivity contribution in [3.8, 4) is 5.75 Å². The van der Waals surface area contributed by atoms with Crippen molar-refractivity contribution in [3.05, 3.63) is 63.6 Å². The molecule has 2 unspecified atom stereocenters. The number of halogens is 2. The second-order valence-corrected chi connectivity index (χ2v) is 8.38. The van der Waals surface area contributed by atoms with Gasteiger partial charge in [-0.3, -0.25) is 9.59 Å². The fraction of sp³-hybridized carbons (Fsp3) is 0.417. The molecular weight excluding hydrogens is 435 g/mol. The minimum absolute atomic E-state index is 0.00575. The zero-order valence-electron chi connectivity index (χ0n) is 18.5. The number of nitrogens with zero attached hydrogens (tertiary/aromatic N) is 1. The number of benzene rings is 2. The molecule has 0 bridgehead atoms. The molecule has 31 heavy (non-hydrogen) atoms. The molecule has 2 aromatic carbocycles. The molecule has 0 aliphatic carbocycles. The van der Waals surface area contributed by atoms with E-state index in [1.165, 1.54) is 4.90 Å². The van der Waals surface area contributed by atoms with E-state index in [0.717, 1.165) is 12.0 Å².